The second-order valence-corrected chi connectivity index (χ2v) is 6.83. The number of rotatable bonds is 5. The first kappa shape index (κ1) is 18.4. The number of hydrogen-bond donors (Lipinski definition) is 2. The van der Waals surface area contributed by atoms with Gasteiger partial charge in [0.15, 0.2) is 5.82 Å². The number of nitrogens with zero attached hydrogens (tertiary/aromatic N) is 6. The summed E-state index contributed by atoms with van der Waals surface area (Å²) in [5.74, 6) is 0.184. The maximum Gasteiger partial charge on any atom is 0.267 e. The minimum Gasteiger partial charge on any atom is -0.370 e. The fourth-order valence-corrected chi connectivity index (χ4v) is 3.47. The molecule has 2 aromatic heterocycles. The van der Waals surface area contributed by atoms with Crippen LogP contribution in [0.15, 0.2) is 36.5 Å². The molecule has 3 heterocycles. The molecule has 1 aliphatic rings. The van der Waals surface area contributed by atoms with Gasteiger partial charge in [0, 0.05) is 38.0 Å². The predicted octanol–water partition coefficient (Wildman–Crippen LogP) is 2.19. The zero-order valence-corrected chi connectivity index (χ0v) is 16.0. The molecular weight excluding hydrogens is 368 g/mol. The van der Waals surface area contributed by atoms with E-state index in [4.69, 9.17) is 5.73 Å². The van der Waals surface area contributed by atoms with Gasteiger partial charge in [0.1, 0.15) is 11.8 Å². The molecule has 0 spiro atoms. The topological polar surface area (TPSA) is 126 Å². The van der Waals surface area contributed by atoms with E-state index in [2.05, 4.69) is 31.4 Å². The van der Waals surface area contributed by atoms with E-state index in [0.29, 0.717) is 23.0 Å². The summed E-state index contributed by atoms with van der Waals surface area (Å²) in [6, 6.07) is 11.4. The number of aromatic nitrogens is 4. The number of aryl methyl sites for hydroxylation is 1. The number of benzene rings is 1. The fourth-order valence-electron chi connectivity index (χ4n) is 3.47. The Labute approximate surface area is 167 Å². The summed E-state index contributed by atoms with van der Waals surface area (Å²) in [5, 5.41) is 16.8. The van der Waals surface area contributed by atoms with Crippen LogP contribution in [0.1, 0.15) is 28.9 Å². The molecule has 3 N–H and O–H groups in total. The maximum absolute atomic E-state index is 11.4. The van der Waals surface area contributed by atoms with Crippen LogP contribution in [0.25, 0.3) is 11.3 Å². The van der Waals surface area contributed by atoms with Gasteiger partial charge in [0.05, 0.1) is 16.9 Å². The number of nitrogens with two attached hydrogens (primary N) is 1. The molecule has 0 saturated carbocycles. The van der Waals surface area contributed by atoms with Crippen LogP contribution < -0.4 is 16.0 Å². The van der Waals surface area contributed by atoms with E-state index in [1.165, 1.54) is 10.7 Å². The Morgan fingerprint density at radius 1 is 1.24 bits per heavy atom. The minimum absolute atomic E-state index is 0.278. The van der Waals surface area contributed by atoms with Crippen molar-refractivity contribution in [2.24, 2.45) is 12.8 Å². The molecule has 9 heteroatoms. The summed E-state index contributed by atoms with van der Waals surface area (Å²) < 4.78 is 1.39. The minimum atomic E-state index is -0.565. The second-order valence-electron chi connectivity index (χ2n) is 6.83. The second kappa shape index (κ2) is 7.59. The molecule has 0 aliphatic carbocycles. The van der Waals surface area contributed by atoms with Crippen molar-refractivity contribution in [3.05, 3.63) is 47.8 Å². The highest BCUT2D eigenvalue weighted by molar-refractivity contribution is 5.92. The molecule has 146 valence electrons. The van der Waals surface area contributed by atoms with Gasteiger partial charge >= 0.3 is 0 Å². The molecule has 1 fully saturated rings. The van der Waals surface area contributed by atoms with Crippen LogP contribution in [0, 0.1) is 11.3 Å². The molecule has 9 nitrogen and oxygen atoms in total. The van der Waals surface area contributed by atoms with Gasteiger partial charge in [0.25, 0.3) is 5.91 Å². The first-order valence-electron chi connectivity index (χ1n) is 9.28. The van der Waals surface area contributed by atoms with Crippen molar-refractivity contribution in [3.63, 3.8) is 0 Å². The van der Waals surface area contributed by atoms with Crippen molar-refractivity contribution in [1.82, 2.24) is 19.7 Å². The highest BCUT2D eigenvalue weighted by Gasteiger charge is 2.17. The third kappa shape index (κ3) is 3.73. The van der Waals surface area contributed by atoms with Gasteiger partial charge < -0.3 is 16.0 Å². The SMILES string of the molecule is Cn1nc(Nc2nccc(-c3ccc(N4CCCC4)c(C#N)c3)n2)cc1C(N)=O. The van der Waals surface area contributed by atoms with E-state index in [1.54, 1.807) is 19.3 Å². The first-order valence-corrected chi connectivity index (χ1v) is 9.28. The Balaban J connectivity index is 1.61. The Morgan fingerprint density at radius 3 is 2.72 bits per heavy atom. The predicted molar refractivity (Wildman–Crippen MR) is 109 cm³/mol. The van der Waals surface area contributed by atoms with Crippen molar-refractivity contribution in [3.8, 4) is 17.3 Å². The lowest BCUT2D eigenvalue weighted by Crippen LogP contribution is -2.18. The lowest BCUT2D eigenvalue weighted by molar-refractivity contribution is 0.0991. The number of amides is 1. The number of primary amides is 1. The van der Waals surface area contributed by atoms with Gasteiger partial charge in [-0.1, -0.05) is 6.07 Å². The highest BCUT2D eigenvalue weighted by Crippen LogP contribution is 2.29. The summed E-state index contributed by atoms with van der Waals surface area (Å²) >= 11 is 0. The summed E-state index contributed by atoms with van der Waals surface area (Å²) in [4.78, 5) is 22.3. The van der Waals surface area contributed by atoms with E-state index >= 15 is 0 Å². The van der Waals surface area contributed by atoms with Gasteiger partial charge in [-0.05, 0) is 31.0 Å². The Bertz CT molecular complexity index is 1110. The maximum atomic E-state index is 11.4. The monoisotopic (exact) mass is 388 g/mol. The molecule has 1 amide bonds. The van der Waals surface area contributed by atoms with E-state index in [1.807, 2.05) is 18.2 Å². The smallest absolute Gasteiger partial charge is 0.267 e. The number of carbonyl (C=O) groups is 1. The van der Waals surface area contributed by atoms with Crippen molar-refractivity contribution in [1.29, 1.82) is 5.26 Å². The van der Waals surface area contributed by atoms with Gasteiger partial charge in [-0.25, -0.2) is 9.97 Å². The van der Waals surface area contributed by atoms with Crippen LogP contribution >= 0.6 is 0 Å². The molecule has 0 bridgehead atoms. The van der Waals surface area contributed by atoms with Gasteiger partial charge in [-0.15, -0.1) is 0 Å². The molecule has 1 aliphatic heterocycles. The molecular formula is C20H20N8O. The van der Waals surface area contributed by atoms with Gasteiger partial charge in [-0.2, -0.15) is 10.4 Å². The number of nitrogens with one attached hydrogen (secondary N) is 1. The van der Waals surface area contributed by atoms with Crippen molar-refractivity contribution < 1.29 is 4.79 Å². The van der Waals surface area contributed by atoms with Crippen molar-refractivity contribution >= 4 is 23.4 Å². The third-order valence-corrected chi connectivity index (χ3v) is 4.89. The molecule has 0 unspecified atom stereocenters. The van der Waals surface area contributed by atoms with Crippen LogP contribution in [-0.4, -0.2) is 38.7 Å². The van der Waals surface area contributed by atoms with Gasteiger partial charge in [-0.3, -0.25) is 9.48 Å². The van der Waals surface area contributed by atoms with E-state index < -0.39 is 5.91 Å². The third-order valence-electron chi connectivity index (χ3n) is 4.89. The van der Waals surface area contributed by atoms with Crippen molar-refractivity contribution in [2.75, 3.05) is 23.3 Å². The Morgan fingerprint density at radius 2 is 2.03 bits per heavy atom. The normalized spacial score (nSPS) is 13.3. The van der Waals surface area contributed by atoms with Crippen LogP contribution in [-0.2, 0) is 7.05 Å². The van der Waals surface area contributed by atoms with Crippen LogP contribution in [0.4, 0.5) is 17.5 Å². The molecule has 0 radical (unpaired) electrons. The number of nitriles is 1. The Kier molecular flexibility index (Phi) is 4.83. The summed E-state index contributed by atoms with van der Waals surface area (Å²) in [7, 11) is 1.63. The van der Waals surface area contributed by atoms with E-state index in [-0.39, 0.29) is 5.69 Å². The van der Waals surface area contributed by atoms with E-state index in [0.717, 1.165) is 37.2 Å². The Hall–Kier alpha value is -3.93. The number of hydrogen-bond acceptors (Lipinski definition) is 7. The molecule has 1 aromatic carbocycles. The van der Waals surface area contributed by atoms with Crippen LogP contribution in [0.3, 0.4) is 0 Å². The van der Waals surface area contributed by atoms with Crippen molar-refractivity contribution in [2.45, 2.75) is 12.8 Å². The zero-order chi connectivity index (χ0) is 20.4. The standard InChI is InChI=1S/C20H20N8O/c1-27-17(19(22)29)11-18(26-27)25-20-23-7-6-15(24-20)13-4-5-16(14(10-13)12-21)28-8-2-3-9-28/h4-7,10-11H,2-3,8-9H2,1H3,(H2,22,29)(H,23,24,25,26). The quantitative estimate of drug-likeness (QED) is 0.686. The van der Waals surface area contributed by atoms with Gasteiger partial charge in [0.2, 0.25) is 5.95 Å². The molecule has 1 saturated heterocycles. The lowest BCUT2D eigenvalue weighted by Gasteiger charge is -2.19. The molecule has 29 heavy (non-hydrogen) atoms. The first-order chi connectivity index (χ1) is 14.0. The largest absolute Gasteiger partial charge is 0.370 e. The number of anilines is 3. The summed E-state index contributed by atoms with van der Waals surface area (Å²) in [6.45, 7) is 1.96. The molecule has 0 atom stereocenters. The lowest BCUT2D eigenvalue weighted by atomic mass is 10.1. The zero-order valence-electron chi connectivity index (χ0n) is 16.0. The van der Waals surface area contributed by atoms with Crippen LogP contribution in [0.5, 0.6) is 0 Å². The fraction of sp³-hybridized carbons (Fsp3) is 0.250. The average Bonchev–Trinajstić information content (AvgIpc) is 3.37. The average molecular weight is 388 g/mol. The highest BCUT2D eigenvalue weighted by atomic mass is 16.1. The summed E-state index contributed by atoms with van der Waals surface area (Å²) in [6.07, 6.45) is 3.93. The molecule has 3 aromatic rings. The molecule has 4 rings (SSSR count). The number of carbonyl (C=O) groups excluding carboxylic acids is 1. The van der Waals surface area contributed by atoms with E-state index in [9.17, 15) is 10.1 Å². The van der Waals surface area contributed by atoms with Crippen LogP contribution in [0.2, 0.25) is 0 Å². The summed E-state index contributed by atoms with van der Waals surface area (Å²) in [5.41, 5.74) is 8.70.